The Labute approximate surface area is 122 Å². The molecule has 1 aromatic carbocycles. The molecule has 0 saturated heterocycles. The van der Waals surface area contributed by atoms with Crippen molar-refractivity contribution in [2.75, 3.05) is 12.4 Å². The number of nitrogens with zero attached hydrogens (tertiary/aromatic N) is 2. The summed E-state index contributed by atoms with van der Waals surface area (Å²) in [6.07, 6.45) is 0. The highest BCUT2D eigenvalue weighted by atomic mass is 79.9. The Bertz CT molecular complexity index is 544. The molecule has 0 saturated carbocycles. The number of aromatic nitrogens is 2. The van der Waals surface area contributed by atoms with Gasteiger partial charge in [0.1, 0.15) is 0 Å². The van der Waals surface area contributed by atoms with Crippen LogP contribution in [0.3, 0.4) is 0 Å². The second kappa shape index (κ2) is 5.81. The molecule has 18 heavy (non-hydrogen) atoms. The van der Waals surface area contributed by atoms with Gasteiger partial charge in [-0.05, 0) is 48.1 Å². The van der Waals surface area contributed by atoms with Gasteiger partial charge in [0, 0.05) is 8.95 Å². The van der Waals surface area contributed by atoms with E-state index in [2.05, 4.69) is 52.7 Å². The molecule has 96 valence electrons. The third-order valence-electron chi connectivity index (χ3n) is 2.42. The normalized spacial score (nSPS) is 12.4. The van der Waals surface area contributed by atoms with Crippen molar-refractivity contribution < 1.29 is 4.42 Å². The van der Waals surface area contributed by atoms with Gasteiger partial charge in [0.15, 0.2) is 0 Å². The maximum atomic E-state index is 5.50. The van der Waals surface area contributed by atoms with Crippen LogP contribution in [0.4, 0.5) is 11.7 Å². The number of rotatable bonds is 4. The lowest BCUT2D eigenvalue weighted by Gasteiger charge is -2.05. The van der Waals surface area contributed by atoms with Gasteiger partial charge in [-0.3, -0.25) is 0 Å². The van der Waals surface area contributed by atoms with Crippen molar-refractivity contribution in [2.24, 2.45) is 0 Å². The summed E-state index contributed by atoms with van der Waals surface area (Å²) in [5, 5.41) is 14.0. The van der Waals surface area contributed by atoms with Crippen molar-refractivity contribution in [2.45, 2.75) is 13.0 Å². The first-order valence-electron chi connectivity index (χ1n) is 5.33. The van der Waals surface area contributed by atoms with Crippen LogP contribution in [-0.2, 0) is 0 Å². The zero-order valence-electron chi connectivity index (χ0n) is 9.87. The SMILES string of the molecule is CNC(C)c1nnc(Nc2ccc(Br)cc2Br)o1. The highest BCUT2D eigenvalue weighted by molar-refractivity contribution is 9.11. The molecule has 0 aliphatic carbocycles. The van der Waals surface area contributed by atoms with E-state index < -0.39 is 0 Å². The number of hydrogen-bond acceptors (Lipinski definition) is 5. The number of hydrogen-bond donors (Lipinski definition) is 2. The first kappa shape index (κ1) is 13.5. The van der Waals surface area contributed by atoms with E-state index in [1.54, 1.807) is 0 Å². The lowest BCUT2D eigenvalue weighted by molar-refractivity contribution is 0.443. The largest absolute Gasteiger partial charge is 0.406 e. The monoisotopic (exact) mass is 374 g/mol. The van der Waals surface area contributed by atoms with Crippen LogP contribution in [-0.4, -0.2) is 17.2 Å². The van der Waals surface area contributed by atoms with E-state index in [-0.39, 0.29) is 6.04 Å². The van der Waals surface area contributed by atoms with Crippen LogP contribution < -0.4 is 10.6 Å². The van der Waals surface area contributed by atoms with Crippen LogP contribution >= 0.6 is 31.9 Å². The Balaban J connectivity index is 2.16. The van der Waals surface area contributed by atoms with Crippen molar-refractivity contribution in [3.8, 4) is 0 Å². The summed E-state index contributed by atoms with van der Waals surface area (Å²) in [4.78, 5) is 0. The fourth-order valence-electron chi connectivity index (χ4n) is 1.29. The molecular formula is C11H12Br2N4O. The lowest BCUT2D eigenvalue weighted by atomic mass is 10.3. The van der Waals surface area contributed by atoms with E-state index in [9.17, 15) is 0 Å². The molecule has 2 rings (SSSR count). The minimum absolute atomic E-state index is 0.0291. The third kappa shape index (κ3) is 3.09. The summed E-state index contributed by atoms with van der Waals surface area (Å²) < 4.78 is 7.41. The molecule has 2 aromatic rings. The molecule has 1 unspecified atom stereocenters. The fourth-order valence-corrected chi connectivity index (χ4v) is 2.44. The van der Waals surface area contributed by atoms with Gasteiger partial charge in [-0.2, -0.15) is 0 Å². The maximum Gasteiger partial charge on any atom is 0.320 e. The first-order valence-corrected chi connectivity index (χ1v) is 6.91. The molecule has 2 N–H and O–H groups in total. The Morgan fingerprint density at radius 2 is 2.06 bits per heavy atom. The van der Waals surface area contributed by atoms with Crippen molar-refractivity contribution in [1.29, 1.82) is 0 Å². The van der Waals surface area contributed by atoms with E-state index in [1.165, 1.54) is 0 Å². The molecule has 7 heteroatoms. The van der Waals surface area contributed by atoms with Gasteiger partial charge in [0.2, 0.25) is 5.89 Å². The van der Waals surface area contributed by atoms with Gasteiger partial charge in [-0.1, -0.05) is 21.0 Å². The van der Waals surface area contributed by atoms with E-state index in [0.29, 0.717) is 11.9 Å². The average Bonchev–Trinajstić information content (AvgIpc) is 2.80. The average molecular weight is 376 g/mol. The standard InChI is InChI=1S/C11H12Br2N4O/c1-6(14-2)10-16-17-11(18-10)15-9-4-3-7(12)5-8(9)13/h3-6,14H,1-2H3,(H,15,17). The van der Waals surface area contributed by atoms with Crippen LogP contribution in [0, 0.1) is 0 Å². The second-order valence-electron chi connectivity index (χ2n) is 3.70. The molecular weight excluding hydrogens is 364 g/mol. The third-order valence-corrected chi connectivity index (χ3v) is 3.57. The molecule has 0 radical (unpaired) electrons. The molecule has 1 aromatic heterocycles. The smallest absolute Gasteiger partial charge is 0.320 e. The number of anilines is 2. The number of halogens is 2. The van der Waals surface area contributed by atoms with Crippen LogP contribution in [0.5, 0.6) is 0 Å². The number of benzene rings is 1. The topological polar surface area (TPSA) is 63.0 Å². The van der Waals surface area contributed by atoms with Gasteiger partial charge in [-0.25, -0.2) is 0 Å². The van der Waals surface area contributed by atoms with Gasteiger partial charge in [-0.15, -0.1) is 5.10 Å². The molecule has 5 nitrogen and oxygen atoms in total. The van der Waals surface area contributed by atoms with Crippen molar-refractivity contribution in [1.82, 2.24) is 15.5 Å². The lowest BCUT2D eigenvalue weighted by Crippen LogP contribution is -2.12. The molecule has 0 fully saturated rings. The summed E-state index contributed by atoms with van der Waals surface area (Å²) in [5.41, 5.74) is 0.866. The van der Waals surface area contributed by atoms with Crippen molar-refractivity contribution >= 4 is 43.6 Å². The van der Waals surface area contributed by atoms with Gasteiger partial charge >= 0.3 is 6.01 Å². The summed E-state index contributed by atoms with van der Waals surface area (Å²) in [7, 11) is 1.84. The highest BCUT2D eigenvalue weighted by Crippen LogP contribution is 2.28. The number of nitrogens with one attached hydrogen (secondary N) is 2. The van der Waals surface area contributed by atoms with Crippen LogP contribution in [0.15, 0.2) is 31.6 Å². The first-order chi connectivity index (χ1) is 8.60. The molecule has 0 bridgehead atoms. The van der Waals surface area contributed by atoms with Crippen LogP contribution in [0.2, 0.25) is 0 Å². The quantitative estimate of drug-likeness (QED) is 0.854. The van der Waals surface area contributed by atoms with E-state index in [4.69, 9.17) is 4.42 Å². The predicted octanol–water partition coefficient (Wildman–Crippen LogP) is 3.62. The van der Waals surface area contributed by atoms with E-state index in [1.807, 2.05) is 32.2 Å². The zero-order valence-corrected chi connectivity index (χ0v) is 13.0. The van der Waals surface area contributed by atoms with E-state index >= 15 is 0 Å². The van der Waals surface area contributed by atoms with Crippen molar-refractivity contribution in [3.05, 3.63) is 33.0 Å². The maximum absolute atomic E-state index is 5.50. The van der Waals surface area contributed by atoms with Crippen LogP contribution in [0.1, 0.15) is 18.9 Å². The molecule has 0 amide bonds. The van der Waals surface area contributed by atoms with Crippen molar-refractivity contribution in [3.63, 3.8) is 0 Å². The molecule has 0 spiro atoms. The van der Waals surface area contributed by atoms with Crippen LogP contribution in [0.25, 0.3) is 0 Å². The van der Waals surface area contributed by atoms with Gasteiger partial charge in [0.05, 0.1) is 11.7 Å². The van der Waals surface area contributed by atoms with Gasteiger partial charge < -0.3 is 15.1 Å². The fraction of sp³-hybridized carbons (Fsp3) is 0.273. The second-order valence-corrected chi connectivity index (χ2v) is 5.47. The Morgan fingerprint density at radius 1 is 1.28 bits per heavy atom. The summed E-state index contributed by atoms with van der Waals surface area (Å²) in [6, 6.07) is 6.19. The summed E-state index contributed by atoms with van der Waals surface area (Å²) in [6.45, 7) is 1.95. The minimum Gasteiger partial charge on any atom is -0.406 e. The Kier molecular flexibility index (Phi) is 4.36. The predicted molar refractivity (Wildman–Crippen MR) is 76.9 cm³/mol. The van der Waals surface area contributed by atoms with Gasteiger partial charge in [0.25, 0.3) is 0 Å². The molecule has 0 aliphatic heterocycles. The van der Waals surface area contributed by atoms with E-state index in [0.717, 1.165) is 14.6 Å². The minimum atomic E-state index is 0.0291. The highest BCUT2D eigenvalue weighted by Gasteiger charge is 2.12. The summed E-state index contributed by atoms with van der Waals surface area (Å²) in [5.74, 6) is 0.549. The Hall–Kier alpha value is -0.920. The Morgan fingerprint density at radius 3 is 2.72 bits per heavy atom. The molecule has 1 atom stereocenters. The zero-order chi connectivity index (χ0) is 13.1. The molecule has 1 heterocycles. The molecule has 0 aliphatic rings. The summed E-state index contributed by atoms with van der Waals surface area (Å²) >= 11 is 6.86.